The van der Waals surface area contributed by atoms with E-state index >= 15 is 0 Å². The van der Waals surface area contributed by atoms with Crippen LogP contribution < -0.4 is 0 Å². The van der Waals surface area contributed by atoms with Gasteiger partial charge in [-0.1, -0.05) is 6.92 Å². The van der Waals surface area contributed by atoms with Gasteiger partial charge < -0.3 is 0 Å². The molecule has 1 aromatic rings. The molecule has 0 aliphatic rings. The number of aryl methyl sites for hydroxylation is 1. The smallest absolute Gasteiger partial charge is 0.196 e. The Morgan fingerprint density at radius 2 is 2.08 bits per heavy atom. The van der Waals surface area contributed by atoms with E-state index < -0.39 is 9.84 Å². The molecule has 0 atom stereocenters. The first-order chi connectivity index (χ1) is 5.56. The first kappa shape index (κ1) is 9.12. The largest absolute Gasteiger partial charge is 0.260 e. The van der Waals surface area contributed by atoms with Gasteiger partial charge in [0, 0.05) is 6.20 Å². The van der Waals surface area contributed by atoms with E-state index in [4.69, 9.17) is 0 Å². The highest BCUT2D eigenvalue weighted by molar-refractivity contribution is 7.91. The van der Waals surface area contributed by atoms with Crippen LogP contribution in [-0.2, 0) is 9.84 Å². The van der Waals surface area contributed by atoms with Crippen molar-refractivity contribution in [3.63, 3.8) is 0 Å². The summed E-state index contributed by atoms with van der Waals surface area (Å²) in [6.45, 7) is 3.29. The Hall–Kier alpha value is -0.970. The first-order valence-corrected chi connectivity index (χ1v) is 5.23. The Bertz CT molecular complexity index is 373. The minimum absolute atomic E-state index is 0.0602. The summed E-state index contributed by atoms with van der Waals surface area (Å²) in [5, 5.41) is 0.0602. The quantitative estimate of drug-likeness (QED) is 0.677. The minimum Gasteiger partial charge on any atom is -0.260 e. The molecule has 66 valence electrons. The fourth-order valence-electron chi connectivity index (χ4n) is 0.738. The molecule has 4 nitrogen and oxygen atoms in total. The second-order valence-corrected chi connectivity index (χ2v) is 4.63. The van der Waals surface area contributed by atoms with Crippen molar-refractivity contribution >= 4 is 9.84 Å². The van der Waals surface area contributed by atoms with Gasteiger partial charge in [0.2, 0.25) is 0 Å². The number of aromatic nitrogens is 2. The van der Waals surface area contributed by atoms with Crippen LogP contribution in [-0.4, -0.2) is 24.1 Å². The van der Waals surface area contributed by atoms with Crippen molar-refractivity contribution in [1.82, 2.24) is 9.97 Å². The van der Waals surface area contributed by atoms with Gasteiger partial charge in [-0.25, -0.2) is 13.4 Å². The van der Waals surface area contributed by atoms with Gasteiger partial charge in [0.1, 0.15) is 0 Å². The first-order valence-electron chi connectivity index (χ1n) is 3.57. The monoisotopic (exact) mass is 186 g/mol. The molecule has 0 aliphatic heterocycles. The van der Waals surface area contributed by atoms with E-state index in [1.54, 1.807) is 13.8 Å². The van der Waals surface area contributed by atoms with Crippen molar-refractivity contribution in [2.45, 2.75) is 18.9 Å². The van der Waals surface area contributed by atoms with Crippen LogP contribution in [0.15, 0.2) is 17.4 Å². The normalized spacial score (nSPS) is 11.5. The standard InChI is InChI=1S/C7H10N2O2S/c1-3-12(10,11)7-5-8-4-6(2)9-7/h4-5H,3H2,1-2H3. The maximum absolute atomic E-state index is 11.3. The van der Waals surface area contributed by atoms with Gasteiger partial charge in [-0.2, -0.15) is 0 Å². The summed E-state index contributed by atoms with van der Waals surface area (Å²) in [6, 6.07) is 0. The summed E-state index contributed by atoms with van der Waals surface area (Å²) in [6.07, 6.45) is 2.79. The van der Waals surface area contributed by atoms with E-state index in [0.717, 1.165) is 0 Å². The summed E-state index contributed by atoms with van der Waals surface area (Å²) in [5.41, 5.74) is 0.615. The fourth-order valence-corrected chi connectivity index (χ4v) is 1.54. The summed E-state index contributed by atoms with van der Waals surface area (Å²) in [7, 11) is -3.19. The van der Waals surface area contributed by atoms with E-state index in [-0.39, 0.29) is 10.8 Å². The Morgan fingerprint density at radius 1 is 1.42 bits per heavy atom. The van der Waals surface area contributed by atoms with E-state index in [1.165, 1.54) is 12.4 Å². The summed E-state index contributed by atoms with van der Waals surface area (Å²) >= 11 is 0. The summed E-state index contributed by atoms with van der Waals surface area (Å²) in [5.74, 6) is 0.0606. The Labute approximate surface area is 71.6 Å². The summed E-state index contributed by atoms with van der Waals surface area (Å²) in [4.78, 5) is 7.62. The molecule has 0 bridgehead atoms. The highest BCUT2D eigenvalue weighted by Gasteiger charge is 2.12. The van der Waals surface area contributed by atoms with Crippen LogP contribution in [0.3, 0.4) is 0 Å². The molecule has 1 aromatic heterocycles. The van der Waals surface area contributed by atoms with Crippen LogP contribution >= 0.6 is 0 Å². The average molecular weight is 186 g/mol. The fraction of sp³-hybridized carbons (Fsp3) is 0.429. The van der Waals surface area contributed by atoms with E-state index in [0.29, 0.717) is 5.69 Å². The maximum Gasteiger partial charge on any atom is 0.196 e. The molecule has 0 amide bonds. The van der Waals surface area contributed by atoms with Crippen molar-refractivity contribution in [3.05, 3.63) is 18.1 Å². The molecule has 0 radical (unpaired) electrons. The average Bonchev–Trinajstić information content (AvgIpc) is 2.05. The molecule has 0 N–H and O–H groups in total. The third-order valence-corrected chi connectivity index (χ3v) is 3.03. The molecule has 0 saturated carbocycles. The zero-order valence-corrected chi connectivity index (χ0v) is 7.80. The van der Waals surface area contributed by atoms with E-state index in [1.807, 2.05) is 0 Å². The highest BCUT2D eigenvalue weighted by atomic mass is 32.2. The van der Waals surface area contributed by atoms with Crippen molar-refractivity contribution < 1.29 is 8.42 Å². The lowest BCUT2D eigenvalue weighted by Gasteiger charge is -1.99. The molecule has 0 unspecified atom stereocenters. The minimum atomic E-state index is -3.19. The van der Waals surface area contributed by atoms with Gasteiger partial charge in [0.05, 0.1) is 17.6 Å². The predicted octanol–water partition coefficient (Wildman–Crippen LogP) is 0.579. The Morgan fingerprint density at radius 3 is 2.58 bits per heavy atom. The zero-order valence-electron chi connectivity index (χ0n) is 6.98. The zero-order chi connectivity index (χ0) is 9.19. The lowest BCUT2D eigenvalue weighted by Crippen LogP contribution is -2.07. The lowest BCUT2D eigenvalue weighted by molar-refractivity contribution is 0.592. The second-order valence-electron chi connectivity index (χ2n) is 2.40. The molecular weight excluding hydrogens is 176 g/mol. The summed E-state index contributed by atoms with van der Waals surface area (Å²) < 4.78 is 22.5. The maximum atomic E-state index is 11.3. The third kappa shape index (κ3) is 1.79. The Kier molecular flexibility index (Phi) is 2.42. The molecule has 1 rings (SSSR count). The Balaban J connectivity index is 3.21. The molecular formula is C7H10N2O2S. The number of nitrogens with zero attached hydrogens (tertiary/aromatic N) is 2. The van der Waals surface area contributed by atoms with E-state index in [2.05, 4.69) is 9.97 Å². The van der Waals surface area contributed by atoms with Gasteiger partial charge in [-0.3, -0.25) is 4.98 Å². The number of rotatable bonds is 2. The van der Waals surface area contributed by atoms with Crippen molar-refractivity contribution in [2.24, 2.45) is 0 Å². The van der Waals surface area contributed by atoms with Crippen LogP contribution in [0.4, 0.5) is 0 Å². The molecule has 0 aromatic carbocycles. The van der Waals surface area contributed by atoms with Crippen LogP contribution in [0.25, 0.3) is 0 Å². The van der Waals surface area contributed by atoms with Crippen LogP contribution in [0.5, 0.6) is 0 Å². The van der Waals surface area contributed by atoms with Gasteiger partial charge in [0.25, 0.3) is 0 Å². The predicted molar refractivity (Wildman–Crippen MR) is 44.5 cm³/mol. The molecule has 12 heavy (non-hydrogen) atoms. The number of sulfone groups is 1. The number of hydrogen-bond acceptors (Lipinski definition) is 4. The van der Waals surface area contributed by atoms with E-state index in [9.17, 15) is 8.42 Å². The van der Waals surface area contributed by atoms with Crippen LogP contribution in [0, 0.1) is 6.92 Å². The second kappa shape index (κ2) is 3.18. The van der Waals surface area contributed by atoms with Crippen molar-refractivity contribution in [1.29, 1.82) is 0 Å². The van der Waals surface area contributed by atoms with Gasteiger partial charge in [0.15, 0.2) is 14.9 Å². The molecule has 5 heteroatoms. The molecule has 0 aliphatic carbocycles. The molecule has 0 saturated heterocycles. The molecule has 0 fully saturated rings. The molecule has 1 heterocycles. The topological polar surface area (TPSA) is 59.9 Å². The lowest BCUT2D eigenvalue weighted by atomic mass is 10.5. The SMILES string of the molecule is CCS(=O)(=O)c1cncc(C)n1. The van der Waals surface area contributed by atoms with Crippen LogP contribution in [0.2, 0.25) is 0 Å². The van der Waals surface area contributed by atoms with Crippen molar-refractivity contribution in [3.8, 4) is 0 Å². The van der Waals surface area contributed by atoms with Gasteiger partial charge in [-0.15, -0.1) is 0 Å². The van der Waals surface area contributed by atoms with Gasteiger partial charge >= 0.3 is 0 Å². The molecule has 0 spiro atoms. The highest BCUT2D eigenvalue weighted by Crippen LogP contribution is 2.05. The number of hydrogen-bond donors (Lipinski definition) is 0. The van der Waals surface area contributed by atoms with Crippen molar-refractivity contribution in [2.75, 3.05) is 5.75 Å². The third-order valence-electron chi connectivity index (χ3n) is 1.43. The van der Waals surface area contributed by atoms with Gasteiger partial charge in [-0.05, 0) is 6.92 Å². The van der Waals surface area contributed by atoms with Crippen LogP contribution in [0.1, 0.15) is 12.6 Å².